The molecule has 1 amide bonds. The molecule has 1 heterocycles. The molecule has 1 aromatic carbocycles. The zero-order valence-corrected chi connectivity index (χ0v) is 11.3. The van der Waals surface area contributed by atoms with Crippen molar-refractivity contribution in [2.45, 2.75) is 19.3 Å². The Labute approximate surface area is 120 Å². The topological polar surface area (TPSA) is 114 Å². The molecule has 2 rings (SSSR count). The number of carbonyl (C=O) groups excluding carboxylic acids is 1. The van der Waals surface area contributed by atoms with Crippen molar-refractivity contribution in [3.63, 3.8) is 0 Å². The monoisotopic (exact) mass is 289 g/mol. The predicted molar refractivity (Wildman–Crippen MR) is 74.5 cm³/mol. The zero-order valence-electron chi connectivity index (χ0n) is 11.3. The van der Waals surface area contributed by atoms with Crippen molar-refractivity contribution in [1.82, 2.24) is 20.5 Å². The Morgan fingerprint density at radius 1 is 1.38 bits per heavy atom. The minimum absolute atomic E-state index is 0.000535. The highest BCUT2D eigenvalue weighted by Crippen LogP contribution is 2.17. The first kappa shape index (κ1) is 14.6. The third-order valence-corrected chi connectivity index (χ3v) is 2.92. The molecule has 0 saturated carbocycles. The van der Waals surface area contributed by atoms with Gasteiger partial charge in [0.1, 0.15) is 12.2 Å². The van der Waals surface area contributed by atoms with Crippen molar-refractivity contribution in [3.8, 4) is 0 Å². The Balaban J connectivity index is 1.78. The second-order valence-corrected chi connectivity index (χ2v) is 4.45. The molecule has 21 heavy (non-hydrogen) atoms. The van der Waals surface area contributed by atoms with Crippen LogP contribution in [0.25, 0.3) is 0 Å². The van der Waals surface area contributed by atoms with Crippen LogP contribution in [0.4, 0.5) is 5.69 Å². The molecule has 0 aliphatic rings. The molecule has 8 nitrogen and oxygen atoms in total. The maximum atomic E-state index is 11.8. The number of hydrogen-bond acceptors (Lipinski definition) is 5. The summed E-state index contributed by atoms with van der Waals surface area (Å²) in [7, 11) is 0. The van der Waals surface area contributed by atoms with Gasteiger partial charge >= 0.3 is 0 Å². The number of rotatable bonds is 7. The van der Waals surface area contributed by atoms with E-state index < -0.39 is 4.92 Å². The quantitative estimate of drug-likeness (QED) is 0.448. The molecule has 1 aromatic heterocycles. The largest absolute Gasteiger partial charge is 0.356 e. The molecule has 0 saturated heterocycles. The third kappa shape index (κ3) is 4.37. The minimum atomic E-state index is -0.480. The van der Waals surface area contributed by atoms with Gasteiger partial charge in [-0.3, -0.25) is 20.0 Å². The lowest BCUT2D eigenvalue weighted by atomic mass is 10.1. The smallest absolute Gasteiger partial charge is 0.273 e. The Morgan fingerprint density at radius 3 is 2.90 bits per heavy atom. The molecule has 8 heteroatoms. The summed E-state index contributed by atoms with van der Waals surface area (Å²) >= 11 is 0. The fourth-order valence-corrected chi connectivity index (χ4v) is 1.91. The van der Waals surface area contributed by atoms with E-state index in [2.05, 4.69) is 20.5 Å². The lowest BCUT2D eigenvalue weighted by Crippen LogP contribution is -2.26. The number of aryl methyl sites for hydroxylation is 1. The van der Waals surface area contributed by atoms with Crippen LogP contribution in [0.2, 0.25) is 0 Å². The van der Waals surface area contributed by atoms with Crippen molar-refractivity contribution < 1.29 is 9.72 Å². The molecule has 0 atom stereocenters. The fourth-order valence-electron chi connectivity index (χ4n) is 1.91. The number of benzene rings is 1. The average molecular weight is 289 g/mol. The average Bonchev–Trinajstić information content (AvgIpc) is 2.97. The molecule has 0 fully saturated rings. The van der Waals surface area contributed by atoms with Gasteiger partial charge in [0.25, 0.3) is 5.69 Å². The first-order chi connectivity index (χ1) is 10.2. The van der Waals surface area contributed by atoms with E-state index in [1.165, 1.54) is 12.4 Å². The van der Waals surface area contributed by atoms with Crippen LogP contribution in [0.5, 0.6) is 0 Å². The number of carbonyl (C=O) groups is 1. The number of nitrogens with zero attached hydrogens (tertiary/aromatic N) is 3. The van der Waals surface area contributed by atoms with E-state index in [1.807, 2.05) is 0 Å². The number of H-pyrrole nitrogens is 1. The summed E-state index contributed by atoms with van der Waals surface area (Å²) in [4.78, 5) is 26.1. The van der Waals surface area contributed by atoms with E-state index >= 15 is 0 Å². The lowest BCUT2D eigenvalue weighted by molar-refractivity contribution is -0.385. The van der Waals surface area contributed by atoms with Gasteiger partial charge in [-0.1, -0.05) is 18.2 Å². The van der Waals surface area contributed by atoms with Crippen LogP contribution in [0, 0.1) is 10.1 Å². The first-order valence-corrected chi connectivity index (χ1v) is 6.50. The van der Waals surface area contributed by atoms with Gasteiger partial charge in [-0.15, -0.1) is 0 Å². The maximum Gasteiger partial charge on any atom is 0.273 e. The van der Waals surface area contributed by atoms with E-state index in [9.17, 15) is 14.9 Å². The van der Waals surface area contributed by atoms with Crippen molar-refractivity contribution in [2.24, 2.45) is 0 Å². The standard InChI is InChI=1S/C13H15N5O3/c19-13(14-7-3-6-12-15-9-16-17-12)8-10-4-1-2-5-11(10)18(20)21/h1-2,4-5,9H,3,6-8H2,(H,14,19)(H,15,16,17). The molecule has 0 aliphatic heterocycles. The van der Waals surface area contributed by atoms with Crippen LogP contribution in [-0.4, -0.2) is 32.6 Å². The summed E-state index contributed by atoms with van der Waals surface area (Å²) < 4.78 is 0. The minimum Gasteiger partial charge on any atom is -0.356 e. The number of nitro benzene ring substituents is 1. The van der Waals surface area contributed by atoms with Gasteiger partial charge in [-0.05, 0) is 6.42 Å². The van der Waals surface area contributed by atoms with Crippen LogP contribution in [0.3, 0.4) is 0 Å². The normalized spacial score (nSPS) is 10.3. The van der Waals surface area contributed by atoms with Crippen LogP contribution in [0.15, 0.2) is 30.6 Å². The van der Waals surface area contributed by atoms with Gasteiger partial charge in [0, 0.05) is 24.6 Å². The maximum absolute atomic E-state index is 11.8. The van der Waals surface area contributed by atoms with Crippen molar-refractivity contribution >= 4 is 11.6 Å². The molecule has 0 bridgehead atoms. The molecule has 0 aliphatic carbocycles. The molecule has 2 aromatic rings. The van der Waals surface area contributed by atoms with E-state index in [-0.39, 0.29) is 18.0 Å². The summed E-state index contributed by atoms with van der Waals surface area (Å²) in [5.41, 5.74) is 0.379. The molecule has 0 spiro atoms. The molecule has 0 radical (unpaired) electrons. The fraction of sp³-hybridized carbons (Fsp3) is 0.308. The van der Waals surface area contributed by atoms with Crippen molar-refractivity contribution in [1.29, 1.82) is 0 Å². The predicted octanol–water partition coefficient (Wildman–Crippen LogP) is 1.00. The van der Waals surface area contributed by atoms with Crippen LogP contribution < -0.4 is 5.32 Å². The second kappa shape index (κ2) is 7.13. The van der Waals surface area contributed by atoms with Crippen molar-refractivity contribution in [2.75, 3.05) is 6.54 Å². The molecule has 0 unspecified atom stereocenters. The number of aromatic nitrogens is 3. The number of aromatic amines is 1. The highest BCUT2D eigenvalue weighted by molar-refractivity contribution is 5.79. The summed E-state index contributed by atoms with van der Waals surface area (Å²) in [5.74, 6) is 0.532. The van der Waals surface area contributed by atoms with Crippen LogP contribution in [0.1, 0.15) is 17.8 Å². The Kier molecular flexibility index (Phi) is 4.97. The Bertz CT molecular complexity index is 612. The highest BCUT2D eigenvalue weighted by atomic mass is 16.6. The first-order valence-electron chi connectivity index (χ1n) is 6.50. The number of para-hydroxylation sites is 1. The molecular formula is C13H15N5O3. The zero-order chi connectivity index (χ0) is 15.1. The van der Waals surface area contributed by atoms with Gasteiger partial charge in [0.15, 0.2) is 0 Å². The second-order valence-electron chi connectivity index (χ2n) is 4.45. The van der Waals surface area contributed by atoms with Gasteiger partial charge in [-0.25, -0.2) is 4.98 Å². The number of nitrogens with one attached hydrogen (secondary N) is 2. The van der Waals surface area contributed by atoms with E-state index in [1.54, 1.807) is 18.2 Å². The summed E-state index contributed by atoms with van der Waals surface area (Å²) in [6, 6.07) is 6.25. The van der Waals surface area contributed by atoms with Crippen LogP contribution >= 0.6 is 0 Å². The molecular weight excluding hydrogens is 274 g/mol. The SMILES string of the molecule is O=C(Cc1ccccc1[N+](=O)[O-])NCCCc1ncn[nH]1. The summed E-state index contributed by atoms with van der Waals surface area (Å²) in [6.07, 6.45) is 2.84. The number of amides is 1. The van der Waals surface area contributed by atoms with Gasteiger partial charge < -0.3 is 5.32 Å². The van der Waals surface area contributed by atoms with E-state index in [0.717, 1.165) is 12.2 Å². The van der Waals surface area contributed by atoms with E-state index in [0.29, 0.717) is 18.5 Å². The van der Waals surface area contributed by atoms with Gasteiger partial charge in [0.05, 0.1) is 11.3 Å². The summed E-state index contributed by atoms with van der Waals surface area (Å²) in [6.45, 7) is 0.486. The molecule has 2 N–H and O–H groups in total. The number of nitro groups is 1. The third-order valence-electron chi connectivity index (χ3n) is 2.92. The van der Waals surface area contributed by atoms with Gasteiger partial charge in [-0.2, -0.15) is 5.10 Å². The molecule has 110 valence electrons. The van der Waals surface area contributed by atoms with Gasteiger partial charge in [0.2, 0.25) is 5.91 Å². The number of hydrogen-bond donors (Lipinski definition) is 2. The van der Waals surface area contributed by atoms with Crippen molar-refractivity contribution in [3.05, 3.63) is 52.1 Å². The lowest BCUT2D eigenvalue weighted by Gasteiger charge is -2.05. The van der Waals surface area contributed by atoms with E-state index in [4.69, 9.17) is 0 Å². The Hall–Kier alpha value is -2.77. The summed E-state index contributed by atoms with van der Waals surface area (Å²) in [5, 5.41) is 20.1. The highest BCUT2D eigenvalue weighted by Gasteiger charge is 2.14. The Morgan fingerprint density at radius 2 is 2.19 bits per heavy atom. The van der Waals surface area contributed by atoms with Crippen LogP contribution in [-0.2, 0) is 17.6 Å².